The minimum Gasteiger partial charge on any atom is -0.476 e. The van der Waals surface area contributed by atoms with E-state index in [0.29, 0.717) is 0 Å². The lowest BCUT2D eigenvalue weighted by molar-refractivity contribution is -0.385. The number of ether oxygens (including phenoxy) is 1. The molecule has 0 aliphatic rings. The van der Waals surface area contributed by atoms with Crippen LogP contribution in [0.25, 0.3) is 0 Å². The number of hydrogen-bond acceptors (Lipinski definition) is 6. The average molecular weight is 236 g/mol. The van der Waals surface area contributed by atoms with Gasteiger partial charge < -0.3 is 10.5 Å². The van der Waals surface area contributed by atoms with Crippen LogP contribution in [0.5, 0.6) is 5.88 Å². The Morgan fingerprint density at radius 1 is 1.65 bits per heavy atom. The van der Waals surface area contributed by atoms with Crippen molar-refractivity contribution >= 4 is 5.69 Å². The van der Waals surface area contributed by atoms with E-state index in [9.17, 15) is 10.1 Å². The summed E-state index contributed by atoms with van der Waals surface area (Å²) in [5.41, 5.74) is 4.54. The van der Waals surface area contributed by atoms with Gasteiger partial charge in [0.2, 0.25) is 11.6 Å². The number of nitrogens with zero attached hydrogens (tertiary/aromatic N) is 3. The fourth-order valence-electron chi connectivity index (χ4n) is 1.00. The molecule has 1 rings (SSSR count). The van der Waals surface area contributed by atoms with Crippen molar-refractivity contribution in [3.63, 3.8) is 0 Å². The molecule has 7 nitrogen and oxygen atoms in total. The Hall–Kier alpha value is -2.20. The van der Waals surface area contributed by atoms with E-state index in [0.717, 1.165) is 0 Å². The lowest BCUT2D eigenvalue weighted by Gasteiger charge is -2.18. The van der Waals surface area contributed by atoms with Gasteiger partial charge in [-0.15, -0.1) is 0 Å². The summed E-state index contributed by atoms with van der Waals surface area (Å²) in [7, 11) is 0. The molecule has 0 fully saturated rings. The summed E-state index contributed by atoms with van der Waals surface area (Å²) in [6.45, 7) is 3.73. The monoisotopic (exact) mass is 236 g/mol. The number of aromatic nitrogens is 1. The zero-order valence-electron chi connectivity index (χ0n) is 9.51. The molecule has 0 unspecified atom stereocenters. The van der Waals surface area contributed by atoms with Crippen LogP contribution in [0.2, 0.25) is 0 Å². The van der Waals surface area contributed by atoms with E-state index in [1.807, 2.05) is 0 Å². The van der Waals surface area contributed by atoms with Crippen LogP contribution in [0.3, 0.4) is 0 Å². The number of nitriles is 1. The van der Waals surface area contributed by atoms with E-state index in [-0.39, 0.29) is 23.9 Å². The van der Waals surface area contributed by atoms with Gasteiger partial charge in [0.05, 0.1) is 4.92 Å². The van der Waals surface area contributed by atoms with Crippen LogP contribution < -0.4 is 10.5 Å². The second kappa shape index (κ2) is 4.76. The molecule has 0 aromatic carbocycles. The Morgan fingerprint density at radius 3 is 2.76 bits per heavy atom. The van der Waals surface area contributed by atoms with E-state index in [1.54, 1.807) is 19.9 Å². The molecule has 0 saturated carbocycles. The molecule has 0 aliphatic heterocycles. The van der Waals surface area contributed by atoms with E-state index >= 15 is 0 Å². The van der Waals surface area contributed by atoms with Crippen molar-refractivity contribution in [3.8, 4) is 11.9 Å². The van der Waals surface area contributed by atoms with Crippen molar-refractivity contribution in [2.75, 3.05) is 6.61 Å². The average Bonchev–Trinajstić information content (AvgIpc) is 2.24. The number of hydrogen-bond donors (Lipinski definition) is 1. The first-order chi connectivity index (χ1) is 7.83. The number of rotatable bonds is 4. The van der Waals surface area contributed by atoms with Crippen LogP contribution in [0, 0.1) is 21.4 Å². The summed E-state index contributed by atoms with van der Waals surface area (Å²) in [5, 5.41) is 19.3. The van der Waals surface area contributed by atoms with Crippen molar-refractivity contribution in [2.24, 2.45) is 5.73 Å². The second-order valence-electron chi connectivity index (χ2n) is 4.16. The predicted molar refractivity (Wildman–Crippen MR) is 59.4 cm³/mol. The Bertz CT molecular complexity index is 473. The molecule has 0 atom stereocenters. The Balaban J connectivity index is 2.92. The van der Waals surface area contributed by atoms with Gasteiger partial charge in [0.1, 0.15) is 12.7 Å². The van der Waals surface area contributed by atoms with E-state index in [2.05, 4.69) is 4.98 Å². The van der Waals surface area contributed by atoms with Crippen LogP contribution in [-0.2, 0) is 0 Å². The summed E-state index contributed by atoms with van der Waals surface area (Å²) in [6.07, 6.45) is 0. The Kier molecular flexibility index (Phi) is 3.60. The van der Waals surface area contributed by atoms with Crippen molar-refractivity contribution < 1.29 is 9.66 Å². The van der Waals surface area contributed by atoms with Crippen LogP contribution in [0.4, 0.5) is 5.69 Å². The van der Waals surface area contributed by atoms with Crippen molar-refractivity contribution in [1.29, 1.82) is 5.26 Å². The summed E-state index contributed by atoms with van der Waals surface area (Å²) in [5.74, 6) is 0.144. The van der Waals surface area contributed by atoms with Gasteiger partial charge >= 0.3 is 5.69 Å². The third kappa shape index (κ3) is 3.70. The molecular weight excluding hydrogens is 224 g/mol. The topological polar surface area (TPSA) is 115 Å². The molecule has 17 heavy (non-hydrogen) atoms. The van der Waals surface area contributed by atoms with Gasteiger partial charge in [0, 0.05) is 17.7 Å². The first-order valence-electron chi connectivity index (χ1n) is 4.81. The summed E-state index contributed by atoms with van der Waals surface area (Å²) >= 11 is 0. The first-order valence-corrected chi connectivity index (χ1v) is 4.81. The normalized spacial score (nSPS) is 10.7. The molecule has 0 amide bonds. The van der Waals surface area contributed by atoms with Gasteiger partial charge in [-0.3, -0.25) is 10.1 Å². The van der Waals surface area contributed by atoms with E-state index in [4.69, 9.17) is 15.7 Å². The maximum Gasteiger partial charge on any atom is 0.305 e. The Morgan fingerprint density at radius 2 is 2.29 bits per heavy atom. The molecule has 0 aliphatic carbocycles. The molecule has 0 bridgehead atoms. The maximum atomic E-state index is 10.6. The van der Waals surface area contributed by atoms with Crippen molar-refractivity contribution in [3.05, 3.63) is 27.9 Å². The molecule has 2 N–H and O–H groups in total. The third-order valence-corrected chi connectivity index (χ3v) is 1.74. The summed E-state index contributed by atoms with van der Waals surface area (Å²) < 4.78 is 5.24. The van der Waals surface area contributed by atoms with Gasteiger partial charge in [0.25, 0.3) is 0 Å². The SMILES string of the molecule is CC(C)(N)COc1ccc([N+](=O)[O-])c(C#N)n1. The van der Waals surface area contributed by atoms with Gasteiger partial charge in [-0.2, -0.15) is 10.2 Å². The molecule has 90 valence electrons. The maximum absolute atomic E-state index is 10.6. The number of nitrogens with two attached hydrogens (primary N) is 1. The van der Waals surface area contributed by atoms with Crippen LogP contribution in [-0.4, -0.2) is 22.1 Å². The fraction of sp³-hybridized carbons (Fsp3) is 0.400. The minimum absolute atomic E-state index is 0.144. The lowest BCUT2D eigenvalue weighted by atomic mass is 10.1. The second-order valence-corrected chi connectivity index (χ2v) is 4.16. The minimum atomic E-state index is -0.664. The highest BCUT2D eigenvalue weighted by molar-refractivity contribution is 5.45. The quantitative estimate of drug-likeness (QED) is 0.615. The third-order valence-electron chi connectivity index (χ3n) is 1.74. The fourth-order valence-corrected chi connectivity index (χ4v) is 1.00. The first kappa shape index (κ1) is 12.9. The Labute approximate surface area is 98.0 Å². The standard InChI is InChI=1S/C10H12N4O3/c1-10(2,12)6-17-9-4-3-8(14(15)16)7(5-11)13-9/h3-4H,6,12H2,1-2H3. The number of nitro groups is 1. The van der Waals surface area contributed by atoms with Crippen LogP contribution in [0.15, 0.2) is 12.1 Å². The zero-order valence-corrected chi connectivity index (χ0v) is 9.51. The van der Waals surface area contributed by atoms with Gasteiger partial charge in [-0.1, -0.05) is 0 Å². The molecule has 1 aromatic heterocycles. The zero-order chi connectivity index (χ0) is 13.1. The highest BCUT2D eigenvalue weighted by atomic mass is 16.6. The molecule has 0 radical (unpaired) electrons. The molecule has 0 saturated heterocycles. The van der Waals surface area contributed by atoms with Gasteiger partial charge in [-0.25, -0.2) is 0 Å². The van der Waals surface area contributed by atoms with Crippen molar-refractivity contribution in [2.45, 2.75) is 19.4 Å². The largest absolute Gasteiger partial charge is 0.476 e. The lowest BCUT2D eigenvalue weighted by Crippen LogP contribution is -2.38. The van der Waals surface area contributed by atoms with Crippen molar-refractivity contribution in [1.82, 2.24) is 4.98 Å². The molecule has 1 aromatic rings. The van der Waals surface area contributed by atoms with E-state index < -0.39 is 10.5 Å². The highest BCUT2D eigenvalue weighted by Gasteiger charge is 2.17. The molecule has 7 heteroatoms. The number of pyridine rings is 1. The smallest absolute Gasteiger partial charge is 0.305 e. The van der Waals surface area contributed by atoms with Crippen LogP contribution >= 0.6 is 0 Å². The molecule has 1 heterocycles. The highest BCUT2D eigenvalue weighted by Crippen LogP contribution is 2.19. The summed E-state index contributed by atoms with van der Waals surface area (Å²) in [4.78, 5) is 13.6. The van der Waals surface area contributed by atoms with Gasteiger partial charge in [-0.05, 0) is 13.8 Å². The summed E-state index contributed by atoms with van der Waals surface area (Å²) in [6, 6.07) is 4.17. The predicted octanol–water partition coefficient (Wildman–Crippen LogP) is 0.978. The van der Waals surface area contributed by atoms with Gasteiger partial charge in [0.15, 0.2) is 0 Å². The molecular formula is C10H12N4O3. The van der Waals surface area contributed by atoms with Crippen LogP contribution in [0.1, 0.15) is 19.5 Å². The molecule has 0 spiro atoms. The van der Waals surface area contributed by atoms with E-state index in [1.165, 1.54) is 12.1 Å².